The van der Waals surface area contributed by atoms with Crippen LogP contribution in [-0.2, 0) is 4.74 Å². The summed E-state index contributed by atoms with van der Waals surface area (Å²) in [6, 6.07) is 4.53. The highest BCUT2D eigenvalue weighted by Gasteiger charge is 2.11. The summed E-state index contributed by atoms with van der Waals surface area (Å²) in [5.41, 5.74) is 7.52. The van der Waals surface area contributed by atoms with Gasteiger partial charge >= 0.3 is 5.97 Å². The predicted octanol–water partition coefficient (Wildman–Crippen LogP) is 1.21. The number of aromatic amines is 1. The Bertz CT molecular complexity index is 659. The predicted molar refractivity (Wildman–Crippen MR) is 65.1 cm³/mol. The first kappa shape index (κ1) is 11.2. The van der Waals surface area contributed by atoms with Gasteiger partial charge in [-0.25, -0.2) is 4.79 Å². The van der Waals surface area contributed by atoms with Gasteiger partial charge in [-0.15, -0.1) is 0 Å². The standard InChI is InChI=1S/C12H12N2O3/c1-6-8(13)4-3-7-10(15)5-9(12(16)17-2)14-11(6)7/h3-5H,13H2,1-2H3,(H,14,15). The number of rotatable bonds is 1. The van der Waals surface area contributed by atoms with Gasteiger partial charge < -0.3 is 15.5 Å². The SMILES string of the molecule is COC(=O)c1cc(=O)c2ccc(N)c(C)c2[nH]1. The second-order valence-electron chi connectivity index (χ2n) is 3.74. The Balaban J connectivity index is 2.84. The van der Waals surface area contributed by atoms with Crippen molar-refractivity contribution in [3.05, 3.63) is 39.7 Å². The monoisotopic (exact) mass is 232 g/mol. The minimum Gasteiger partial charge on any atom is -0.464 e. The van der Waals surface area contributed by atoms with Crippen LogP contribution < -0.4 is 11.2 Å². The molecule has 2 rings (SSSR count). The van der Waals surface area contributed by atoms with Crippen molar-refractivity contribution in [2.24, 2.45) is 0 Å². The fourth-order valence-electron chi connectivity index (χ4n) is 1.69. The van der Waals surface area contributed by atoms with Crippen LogP contribution in [0, 0.1) is 6.92 Å². The van der Waals surface area contributed by atoms with Crippen molar-refractivity contribution >= 4 is 22.6 Å². The van der Waals surface area contributed by atoms with E-state index in [1.54, 1.807) is 19.1 Å². The summed E-state index contributed by atoms with van der Waals surface area (Å²) in [4.78, 5) is 26.1. The smallest absolute Gasteiger partial charge is 0.354 e. The third-order valence-electron chi connectivity index (χ3n) is 2.71. The molecule has 0 atom stereocenters. The highest BCUT2D eigenvalue weighted by molar-refractivity contribution is 5.93. The zero-order valence-corrected chi connectivity index (χ0v) is 9.53. The van der Waals surface area contributed by atoms with Crippen molar-refractivity contribution in [1.82, 2.24) is 4.98 Å². The molecule has 0 aliphatic carbocycles. The summed E-state index contributed by atoms with van der Waals surface area (Å²) in [5.74, 6) is -0.578. The van der Waals surface area contributed by atoms with Crippen molar-refractivity contribution in [3.8, 4) is 0 Å². The van der Waals surface area contributed by atoms with Gasteiger partial charge in [0.1, 0.15) is 5.69 Å². The molecule has 5 nitrogen and oxygen atoms in total. The van der Waals surface area contributed by atoms with Crippen LogP contribution >= 0.6 is 0 Å². The zero-order chi connectivity index (χ0) is 12.6. The molecule has 0 saturated carbocycles. The number of methoxy groups -OCH3 is 1. The first-order valence-corrected chi connectivity index (χ1v) is 5.05. The molecule has 1 heterocycles. The van der Waals surface area contributed by atoms with E-state index in [1.165, 1.54) is 13.2 Å². The number of aryl methyl sites for hydroxylation is 1. The number of H-pyrrole nitrogens is 1. The molecule has 1 aromatic heterocycles. The number of anilines is 1. The third kappa shape index (κ3) is 1.75. The molecule has 2 aromatic rings. The van der Waals surface area contributed by atoms with Crippen LogP contribution in [0.15, 0.2) is 23.0 Å². The average molecular weight is 232 g/mol. The molecule has 3 N–H and O–H groups in total. The van der Waals surface area contributed by atoms with Crippen LogP contribution in [0.4, 0.5) is 5.69 Å². The Hall–Kier alpha value is -2.30. The van der Waals surface area contributed by atoms with Crippen molar-refractivity contribution in [1.29, 1.82) is 0 Å². The van der Waals surface area contributed by atoms with E-state index in [0.717, 1.165) is 5.56 Å². The van der Waals surface area contributed by atoms with Crippen molar-refractivity contribution in [2.75, 3.05) is 12.8 Å². The molecule has 17 heavy (non-hydrogen) atoms. The number of carbonyl (C=O) groups is 1. The van der Waals surface area contributed by atoms with E-state index in [9.17, 15) is 9.59 Å². The summed E-state index contributed by atoms with van der Waals surface area (Å²) in [6.07, 6.45) is 0. The first-order valence-electron chi connectivity index (χ1n) is 5.05. The lowest BCUT2D eigenvalue weighted by Gasteiger charge is -2.07. The Morgan fingerprint density at radius 2 is 2.12 bits per heavy atom. The van der Waals surface area contributed by atoms with Gasteiger partial charge in [0, 0.05) is 17.1 Å². The normalized spacial score (nSPS) is 10.5. The van der Waals surface area contributed by atoms with Crippen LogP contribution in [0.5, 0.6) is 0 Å². The van der Waals surface area contributed by atoms with E-state index in [-0.39, 0.29) is 11.1 Å². The van der Waals surface area contributed by atoms with Crippen molar-refractivity contribution in [3.63, 3.8) is 0 Å². The Morgan fingerprint density at radius 3 is 2.76 bits per heavy atom. The molecule has 0 aliphatic heterocycles. The second kappa shape index (κ2) is 3.93. The van der Waals surface area contributed by atoms with Crippen LogP contribution in [-0.4, -0.2) is 18.1 Å². The molecule has 0 saturated heterocycles. The molecule has 0 radical (unpaired) electrons. The quantitative estimate of drug-likeness (QED) is 0.571. The van der Waals surface area contributed by atoms with Crippen molar-refractivity contribution < 1.29 is 9.53 Å². The number of ether oxygens (including phenoxy) is 1. The number of nitrogens with two attached hydrogens (primary N) is 1. The van der Waals surface area contributed by atoms with E-state index in [2.05, 4.69) is 9.72 Å². The molecular formula is C12H12N2O3. The lowest BCUT2D eigenvalue weighted by atomic mass is 10.1. The van der Waals surface area contributed by atoms with Crippen LogP contribution in [0.2, 0.25) is 0 Å². The number of pyridine rings is 1. The Labute approximate surface area is 97.2 Å². The van der Waals surface area contributed by atoms with Gasteiger partial charge in [0.05, 0.1) is 12.6 Å². The molecule has 0 spiro atoms. The highest BCUT2D eigenvalue weighted by Crippen LogP contribution is 2.19. The number of nitrogens with one attached hydrogen (secondary N) is 1. The first-order chi connectivity index (χ1) is 8.04. The molecule has 5 heteroatoms. The van der Waals surface area contributed by atoms with Gasteiger partial charge in [-0.3, -0.25) is 4.79 Å². The molecule has 0 aliphatic rings. The average Bonchev–Trinajstić information content (AvgIpc) is 2.33. The number of benzene rings is 1. The maximum absolute atomic E-state index is 11.8. The Morgan fingerprint density at radius 1 is 1.41 bits per heavy atom. The fourth-order valence-corrected chi connectivity index (χ4v) is 1.69. The number of hydrogen-bond donors (Lipinski definition) is 2. The molecule has 88 valence electrons. The summed E-state index contributed by atoms with van der Waals surface area (Å²) < 4.78 is 4.57. The molecular weight excluding hydrogens is 220 g/mol. The summed E-state index contributed by atoms with van der Waals surface area (Å²) in [6.45, 7) is 1.79. The van der Waals surface area contributed by atoms with Gasteiger partial charge in [0.25, 0.3) is 0 Å². The number of fused-ring (bicyclic) bond motifs is 1. The highest BCUT2D eigenvalue weighted by atomic mass is 16.5. The second-order valence-corrected chi connectivity index (χ2v) is 3.74. The van der Waals surface area contributed by atoms with Crippen LogP contribution in [0.3, 0.4) is 0 Å². The third-order valence-corrected chi connectivity index (χ3v) is 2.71. The van der Waals surface area contributed by atoms with Crippen LogP contribution in [0.1, 0.15) is 16.1 Å². The fraction of sp³-hybridized carbons (Fsp3) is 0.167. The van der Waals surface area contributed by atoms with Gasteiger partial charge in [-0.1, -0.05) is 0 Å². The molecule has 0 amide bonds. The minimum atomic E-state index is -0.578. The minimum absolute atomic E-state index is 0.124. The lowest BCUT2D eigenvalue weighted by molar-refractivity contribution is 0.0594. The van der Waals surface area contributed by atoms with Crippen LogP contribution in [0.25, 0.3) is 10.9 Å². The van der Waals surface area contributed by atoms with Gasteiger partial charge in [0.15, 0.2) is 5.43 Å². The number of esters is 1. The maximum Gasteiger partial charge on any atom is 0.354 e. The number of nitrogen functional groups attached to an aromatic ring is 1. The maximum atomic E-state index is 11.8. The largest absolute Gasteiger partial charge is 0.464 e. The Kier molecular flexibility index (Phi) is 2.59. The van der Waals surface area contributed by atoms with Gasteiger partial charge in [-0.2, -0.15) is 0 Å². The van der Waals surface area contributed by atoms with Gasteiger partial charge in [-0.05, 0) is 24.6 Å². The number of aromatic nitrogens is 1. The summed E-state index contributed by atoms with van der Waals surface area (Å²) >= 11 is 0. The topological polar surface area (TPSA) is 85.2 Å². The van der Waals surface area contributed by atoms with E-state index in [1.807, 2.05) is 0 Å². The lowest BCUT2D eigenvalue weighted by Crippen LogP contribution is -2.12. The van der Waals surface area contributed by atoms with E-state index in [0.29, 0.717) is 16.6 Å². The van der Waals surface area contributed by atoms with E-state index < -0.39 is 5.97 Å². The molecule has 0 fully saturated rings. The molecule has 0 unspecified atom stereocenters. The molecule has 1 aromatic carbocycles. The summed E-state index contributed by atoms with van der Waals surface area (Å²) in [7, 11) is 1.26. The van der Waals surface area contributed by atoms with Gasteiger partial charge in [0.2, 0.25) is 0 Å². The number of carbonyl (C=O) groups excluding carboxylic acids is 1. The summed E-state index contributed by atoms with van der Waals surface area (Å²) in [5, 5.41) is 0.504. The van der Waals surface area contributed by atoms with E-state index in [4.69, 9.17) is 5.73 Å². The zero-order valence-electron chi connectivity index (χ0n) is 9.53. The molecule has 0 bridgehead atoms. The van der Waals surface area contributed by atoms with Crippen molar-refractivity contribution in [2.45, 2.75) is 6.92 Å². The van der Waals surface area contributed by atoms with E-state index >= 15 is 0 Å². The number of hydrogen-bond acceptors (Lipinski definition) is 4.